The highest BCUT2D eigenvalue weighted by Gasteiger charge is 2.42. The zero-order valence-electron chi connectivity index (χ0n) is 6.18. The Morgan fingerprint density at radius 2 is 2.00 bits per heavy atom. The van der Waals surface area contributed by atoms with E-state index in [4.69, 9.17) is 39.5 Å². The van der Waals surface area contributed by atoms with Crippen molar-refractivity contribution in [2.24, 2.45) is 0 Å². The Balaban J connectivity index is 2.66. The summed E-state index contributed by atoms with van der Waals surface area (Å²) in [5.41, 5.74) is 0.753. The monoisotopic (exact) mass is 236 g/mol. The smallest absolute Gasteiger partial charge is 0.341 e. The molecule has 0 saturated heterocycles. The van der Waals surface area contributed by atoms with Gasteiger partial charge in [0.1, 0.15) is 0 Å². The van der Waals surface area contributed by atoms with Gasteiger partial charge in [-0.2, -0.15) is 0 Å². The van der Waals surface area contributed by atoms with E-state index in [2.05, 4.69) is 0 Å². The molecular formula is C8H3Cl3O2. The first kappa shape index (κ1) is 9.13. The van der Waals surface area contributed by atoms with E-state index >= 15 is 0 Å². The van der Waals surface area contributed by atoms with Crippen LogP contribution in [0.1, 0.15) is 15.9 Å². The first-order chi connectivity index (χ1) is 6.00. The van der Waals surface area contributed by atoms with E-state index in [0.717, 1.165) is 0 Å². The highest BCUT2D eigenvalue weighted by molar-refractivity contribution is 6.48. The molecule has 0 fully saturated rings. The number of fused-ring (bicyclic) bond motifs is 1. The van der Waals surface area contributed by atoms with Crippen molar-refractivity contribution < 1.29 is 9.53 Å². The number of halogens is 3. The number of rotatable bonds is 0. The molecule has 68 valence electrons. The molecule has 0 spiro atoms. The van der Waals surface area contributed by atoms with Gasteiger partial charge in [0, 0.05) is 10.6 Å². The summed E-state index contributed by atoms with van der Waals surface area (Å²) >= 11 is 17.2. The zero-order valence-corrected chi connectivity index (χ0v) is 8.45. The van der Waals surface area contributed by atoms with Crippen LogP contribution in [0.4, 0.5) is 0 Å². The number of esters is 1. The molecular weight excluding hydrogens is 234 g/mol. The quantitative estimate of drug-likeness (QED) is 0.512. The second-order valence-electron chi connectivity index (χ2n) is 2.60. The molecule has 1 aromatic rings. The maximum atomic E-state index is 11.2. The largest absolute Gasteiger partial charge is 0.421 e. The number of cyclic esters (lactones) is 1. The van der Waals surface area contributed by atoms with Gasteiger partial charge in [0.05, 0.1) is 5.56 Å². The molecule has 1 aliphatic rings. The van der Waals surface area contributed by atoms with Crippen LogP contribution in [0.25, 0.3) is 0 Å². The predicted octanol–water partition coefficient (Wildman–Crippen LogP) is 3.10. The van der Waals surface area contributed by atoms with Crippen LogP contribution in [0, 0.1) is 0 Å². The Hall–Kier alpha value is -0.440. The molecule has 0 radical (unpaired) electrons. The standard InChI is InChI=1S/C8H3Cl3O2/c9-4-1-2-5-6(3-4)8(10,11)13-7(5)12/h1-3H. The highest BCUT2D eigenvalue weighted by atomic mass is 35.5. The molecule has 1 aliphatic heterocycles. The summed E-state index contributed by atoms with van der Waals surface area (Å²) in [6.07, 6.45) is 0. The lowest BCUT2D eigenvalue weighted by atomic mass is 10.1. The van der Waals surface area contributed by atoms with Gasteiger partial charge in [-0.25, -0.2) is 4.79 Å². The number of benzene rings is 1. The fraction of sp³-hybridized carbons (Fsp3) is 0.125. The van der Waals surface area contributed by atoms with Crippen molar-refractivity contribution in [2.75, 3.05) is 0 Å². The van der Waals surface area contributed by atoms with Gasteiger partial charge >= 0.3 is 5.97 Å². The van der Waals surface area contributed by atoms with Crippen molar-refractivity contribution in [3.8, 4) is 0 Å². The van der Waals surface area contributed by atoms with Gasteiger partial charge in [0.15, 0.2) is 0 Å². The maximum absolute atomic E-state index is 11.2. The van der Waals surface area contributed by atoms with E-state index in [0.29, 0.717) is 16.1 Å². The van der Waals surface area contributed by atoms with E-state index in [1.165, 1.54) is 12.1 Å². The summed E-state index contributed by atoms with van der Waals surface area (Å²) in [5.74, 6) is -0.531. The summed E-state index contributed by atoms with van der Waals surface area (Å²) in [5, 5.41) is 0.461. The van der Waals surface area contributed by atoms with Crippen LogP contribution >= 0.6 is 34.8 Å². The Labute approximate surface area is 89.3 Å². The SMILES string of the molecule is O=C1OC(Cl)(Cl)c2cc(Cl)ccc21. The number of ether oxygens (including phenoxy) is 1. The Kier molecular flexibility index (Phi) is 1.95. The topological polar surface area (TPSA) is 26.3 Å². The van der Waals surface area contributed by atoms with E-state index in [1.54, 1.807) is 6.07 Å². The first-order valence-corrected chi connectivity index (χ1v) is 4.55. The highest BCUT2D eigenvalue weighted by Crippen LogP contribution is 2.44. The van der Waals surface area contributed by atoms with Crippen molar-refractivity contribution in [3.05, 3.63) is 34.3 Å². The number of hydrogen-bond acceptors (Lipinski definition) is 2. The Morgan fingerprint density at radius 3 is 2.69 bits per heavy atom. The third kappa shape index (κ3) is 1.39. The van der Waals surface area contributed by atoms with Crippen LogP contribution in [0.5, 0.6) is 0 Å². The van der Waals surface area contributed by atoms with Gasteiger partial charge in [0.2, 0.25) is 0 Å². The molecule has 5 heteroatoms. The zero-order chi connectivity index (χ0) is 9.64. The molecule has 2 rings (SSSR count). The average Bonchev–Trinajstić information content (AvgIpc) is 2.23. The molecule has 1 heterocycles. The summed E-state index contributed by atoms with van der Waals surface area (Å²) in [6, 6.07) is 4.63. The van der Waals surface area contributed by atoms with Gasteiger partial charge in [-0.1, -0.05) is 34.8 Å². The molecule has 0 aliphatic carbocycles. The second kappa shape index (κ2) is 2.77. The molecule has 0 aromatic heterocycles. The summed E-state index contributed by atoms with van der Waals surface area (Å²) < 4.78 is 3.11. The Bertz CT molecular complexity index is 387. The van der Waals surface area contributed by atoms with Crippen molar-refractivity contribution >= 4 is 40.8 Å². The minimum absolute atomic E-state index is 0.356. The third-order valence-corrected chi connectivity index (χ3v) is 2.53. The lowest BCUT2D eigenvalue weighted by molar-refractivity contribution is 0.0447. The van der Waals surface area contributed by atoms with Crippen molar-refractivity contribution in [2.45, 2.75) is 4.52 Å². The third-order valence-electron chi connectivity index (χ3n) is 1.74. The lowest BCUT2D eigenvalue weighted by Gasteiger charge is -2.10. The van der Waals surface area contributed by atoms with Crippen molar-refractivity contribution in [1.29, 1.82) is 0 Å². The van der Waals surface area contributed by atoms with E-state index in [1.807, 2.05) is 0 Å². The molecule has 0 amide bonds. The second-order valence-corrected chi connectivity index (χ2v) is 4.29. The normalized spacial score (nSPS) is 18.2. The lowest BCUT2D eigenvalue weighted by Crippen LogP contribution is -2.08. The molecule has 2 nitrogen and oxygen atoms in total. The average molecular weight is 237 g/mol. The van der Waals surface area contributed by atoms with Crippen LogP contribution < -0.4 is 0 Å². The molecule has 0 atom stereocenters. The minimum Gasteiger partial charge on any atom is -0.421 e. The molecule has 1 aromatic carbocycles. The van der Waals surface area contributed by atoms with Crippen LogP contribution in [0.2, 0.25) is 5.02 Å². The number of carbonyl (C=O) groups is 1. The fourth-order valence-electron chi connectivity index (χ4n) is 1.16. The summed E-state index contributed by atoms with van der Waals surface area (Å²) in [4.78, 5) is 11.2. The van der Waals surface area contributed by atoms with Gasteiger partial charge in [-0.3, -0.25) is 0 Å². The molecule has 0 bridgehead atoms. The van der Waals surface area contributed by atoms with Crippen LogP contribution in [-0.4, -0.2) is 5.97 Å². The predicted molar refractivity (Wildman–Crippen MR) is 50.3 cm³/mol. The van der Waals surface area contributed by atoms with E-state index in [-0.39, 0.29) is 0 Å². The number of carbonyl (C=O) groups excluding carboxylic acids is 1. The molecule has 0 N–H and O–H groups in total. The minimum atomic E-state index is -1.60. The Morgan fingerprint density at radius 1 is 1.31 bits per heavy atom. The maximum Gasteiger partial charge on any atom is 0.341 e. The fourth-order valence-corrected chi connectivity index (χ4v) is 1.79. The molecule has 13 heavy (non-hydrogen) atoms. The summed E-state index contributed by atoms with van der Waals surface area (Å²) in [7, 11) is 0. The van der Waals surface area contributed by atoms with Crippen LogP contribution in [-0.2, 0) is 9.26 Å². The number of hydrogen-bond donors (Lipinski definition) is 0. The molecule has 0 saturated carbocycles. The van der Waals surface area contributed by atoms with Gasteiger partial charge in [-0.05, 0) is 18.2 Å². The summed E-state index contributed by atoms with van der Waals surface area (Å²) in [6.45, 7) is 0. The van der Waals surface area contributed by atoms with Crippen LogP contribution in [0.3, 0.4) is 0 Å². The first-order valence-electron chi connectivity index (χ1n) is 3.42. The van der Waals surface area contributed by atoms with Crippen molar-refractivity contribution in [3.63, 3.8) is 0 Å². The molecule has 0 unspecified atom stereocenters. The van der Waals surface area contributed by atoms with E-state index < -0.39 is 10.5 Å². The van der Waals surface area contributed by atoms with E-state index in [9.17, 15) is 4.79 Å². The van der Waals surface area contributed by atoms with Gasteiger partial charge in [0.25, 0.3) is 4.52 Å². The number of alkyl halides is 2. The van der Waals surface area contributed by atoms with Gasteiger partial charge in [-0.15, -0.1) is 0 Å². The van der Waals surface area contributed by atoms with Crippen molar-refractivity contribution in [1.82, 2.24) is 0 Å². The van der Waals surface area contributed by atoms with Crippen LogP contribution in [0.15, 0.2) is 18.2 Å². The van der Waals surface area contributed by atoms with Gasteiger partial charge < -0.3 is 4.74 Å².